The van der Waals surface area contributed by atoms with Gasteiger partial charge in [-0.15, -0.1) is 0 Å². The van der Waals surface area contributed by atoms with Gasteiger partial charge in [-0.25, -0.2) is 4.39 Å². The highest BCUT2D eigenvalue weighted by molar-refractivity contribution is 5.27. The van der Waals surface area contributed by atoms with Crippen molar-refractivity contribution in [2.24, 2.45) is 5.73 Å². The highest BCUT2D eigenvalue weighted by Gasteiger charge is 2.23. The maximum absolute atomic E-state index is 13.9. The summed E-state index contributed by atoms with van der Waals surface area (Å²) in [5.74, 6) is -0.128. The molecule has 2 nitrogen and oxygen atoms in total. The molecule has 1 aromatic carbocycles. The molecule has 0 aliphatic carbocycles. The second kappa shape index (κ2) is 5.61. The van der Waals surface area contributed by atoms with Crippen LogP contribution in [0.2, 0.25) is 0 Å². The van der Waals surface area contributed by atoms with Gasteiger partial charge in [-0.2, -0.15) is 0 Å². The molecule has 1 aliphatic heterocycles. The van der Waals surface area contributed by atoms with Crippen molar-refractivity contribution in [2.75, 3.05) is 19.6 Å². The van der Waals surface area contributed by atoms with Gasteiger partial charge in [-0.1, -0.05) is 24.1 Å². The second-order valence-corrected chi connectivity index (χ2v) is 4.87. The van der Waals surface area contributed by atoms with Gasteiger partial charge in [0.05, 0.1) is 0 Å². The molecule has 1 aromatic rings. The third-order valence-electron chi connectivity index (χ3n) is 3.57. The maximum Gasteiger partial charge on any atom is 0.128 e. The lowest BCUT2D eigenvalue weighted by atomic mass is 9.99. The van der Waals surface area contributed by atoms with Crippen molar-refractivity contribution < 1.29 is 4.39 Å². The van der Waals surface area contributed by atoms with Crippen molar-refractivity contribution in [3.05, 3.63) is 35.1 Å². The van der Waals surface area contributed by atoms with Crippen LogP contribution in [0, 0.1) is 12.7 Å². The molecule has 2 N–H and O–H groups in total. The molecule has 0 spiro atoms. The van der Waals surface area contributed by atoms with Crippen LogP contribution in [0.1, 0.15) is 36.4 Å². The Morgan fingerprint density at radius 3 is 2.65 bits per heavy atom. The van der Waals surface area contributed by atoms with Gasteiger partial charge in [0, 0.05) is 18.2 Å². The van der Waals surface area contributed by atoms with Crippen LogP contribution in [0.15, 0.2) is 18.2 Å². The predicted octanol–water partition coefficient (Wildman–Crippen LogP) is 2.62. The van der Waals surface area contributed by atoms with E-state index >= 15 is 0 Å². The zero-order valence-electron chi connectivity index (χ0n) is 10.5. The van der Waals surface area contributed by atoms with E-state index in [2.05, 4.69) is 4.90 Å². The van der Waals surface area contributed by atoms with E-state index in [-0.39, 0.29) is 11.9 Å². The Bertz CT molecular complexity index is 372. The van der Waals surface area contributed by atoms with E-state index in [9.17, 15) is 4.39 Å². The minimum atomic E-state index is -0.128. The first-order valence-electron chi connectivity index (χ1n) is 6.42. The number of hydrogen-bond donors (Lipinski definition) is 1. The van der Waals surface area contributed by atoms with Crippen molar-refractivity contribution in [2.45, 2.75) is 32.2 Å². The number of nitrogens with two attached hydrogens (primary N) is 1. The molecule has 0 bridgehead atoms. The standard InChI is InChI=1S/C14H21FN2/c1-11-5-6-13(15)12(9-11)14(10-16)17-7-3-2-4-8-17/h5-6,9,14H,2-4,7-8,10,16H2,1H3. The molecule has 3 heteroatoms. The van der Waals surface area contributed by atoms with Crippen LogP contribution in [0.3, 0.4) is 0 Å². The highest BCUT2D eigenvalue weighted by Crippen LogP contribution is 2.26. The monoisotopic (exact) mass is 236 g/mol. The molecule has 0 saturated carbocycles. The molecule has 0 aromatic heterocycles. The van der Waals surface area contributed by atoms with Crippen molar-refractivity contribution in [3.8, 4) is 0 Å². The summed E-state index contributed by atoms with van der Waals surface area (Å²) in [5, 5.41) is 0. The molecule has 1 atom stereocenters. The van der Waals surface area contributed by atoms with Gasteiger partial charge < -0.3 is 5.73 Å². The highest BCUT2D eigenvalue weighted by atomic mass is 19.1. The Morgan fingerprint density at radius 2 is 2.00 bits per heavy atom. The number of rotatable bonds is 3. The van der Waals surface area contributed by atoms with Gasteiger partial charge in [0.2, 0.25) is 0 Å². The van der Waals surface area contributed by atoms with E-state index in [0.717, 1.165) is 24.2 Å². The number of benzene rings is 1. The van der Waals surface area contributed by atoms with Gasteiger partial charge in [0.15, 0.2) is 0 Å². The summed E-state index contributed by atoms with van der Waals surface area (Å²) in [5.41, 5.74) is 7.70. The lowest BCUT2D eigenvalue weighted by Crippen LogP contribution is -2.38. The average Bonchev–Trinajstić information content (AvgIpc) is 2.36. The molecule has 1 saturated heterocycles. The molecule has 1 fully saturated rings. The summed E-state index contributed by atoms with van der Waals surface area (Å²) in [4.78, 5) is 2.32. The summed E-state index contributed by atoms with van der Waals surface area (Å²) in [7, 11) is 0. The van der Waals surface area contributed by atoms with E-state index in [0.29, 0.717) is 6.54 Å². The topological polar surface area (TPSA) is 29.3 Å². The first-order valence-corrected chi connectivity index (χ1v) is 6.42. The molecule has 1 unspecified atom stereocenters. The zero-order valence-corrected chi connectivity index (χ0v) is 10.5. The Balaban J connectivity index is 2.24. The Kier molecular flexibility index (Phi) is 4.13. The summed E-state index contributed by atoms with van der Waals surface area (Å²) >= 11 is 0. The van der Waals surface area contributed by atoms with Crippen LogP contribution in [0.5, 0.6) is 0 Å². The molecular formula is C14H21FN2. The van der Waals surface area contributed by atoms with Crippen molar-refractivity contribution in [3.63, 3.8) is 0 Å². The van der Waals surface area contributed by atoms with Gasteiger partial charge in [0.1, 0.15) is 5.82 Å². The Labute approximate surface area is 103 Å². The fourth-order valence-electron chi connectivity index (χ4n) is 2.62. The minimum Gasteiger partial charge on any atom is -0.329 e. The van der Waals surface area contributed by atoms with Crippen molar-refractivity contribution >= 4 is 0 Å². The fraction of sp³-hybridized carbons (Fsp3) is 0.571. The molecular weight excluding hydrogens is 215 g/mol. The van der Waals surface area contributed by atoms with Crippen LogP contribution in [-0.2, 0) is 0 Å². The average molecular weight is 236 g/mol. The molecule has 0 amide bonds. The number of aryl methyl sites for hydroxylation is 1. The molecule has 0 radical (unpaired) electrons. The van der Waals surface area contributed by atoms with E-state index in [1.807, 2.05) is 19.1 Å². The maximum atomic E-state index is 13.9. The molecule has 1 aliphatic rings. The summed E-state index contributed by atoms with van der Waals surface area (Å²) in [6.45, 7) is 4.55. The summed E-state index contributed by atoms with van der Waals surface area (Å²) in [6.07, 6.45) is 3.68. The molecule has 2 rings (SSSR count). The van der Waals surface area contributed by atoms with Crippen LogP contribution < -0.4 is 5.73 Å². The lowest BCUT2D eigenvalue weighted by Gasteiger charge is -2.34. The number of piperidine rings is 1. The largest absolute Gasteiger partial charge is 0.329 e. The molecule has 17 heavy (non-hydrogen) atoms. The van der Waals surface area contributed by atoms with Gasteiger partial charge >= 0.3 is 0 Å². The normalized spacial score (nSPS) is 19.2. The zero-order chi connectivity index (χ0) is 12.3. The smallest absolute Gasteiger partial charge is 0.128 e. The Morgan fingerprint density at radius 1 is 1.29 bits per heavy atom. The quantitative estimate of drug-likeness (QED) is 0.874. The summed E-state index contributed by atoms with van der Waals surface area (Å²) < 4.78 is 13.9. The minimum absolute atomic E-state index is 0.0372. The second-order valence-electron chi connectivity index (χ2n) is 4.87. The van der Waals surface area contributed by atoms with Gasteiger partial charge in [-0.3, -0.25) is 4.90 Å². The van der Waals surface area contributed by atoms with E-state index in [1.165, 1.54) is 19.3 Å². The van der Waals surface area contributed by atoms with Crippen LogP contribution in [0.4, 0.5) is 4.39 Å². The third-order valence-corrected chi connectivity index (χ3v) is 3.57. The van der Waals surface area contributed by atoms with Crippen LogP contribution in [0.25, 0.3) is 0 Å². The lowest BCUT2D eigenvalue weighted by molar-refractivity contribution is 0.164. The SMILES string of the molecule is Cc1ccc(F)c(C(CN)N2CCCCC2)c1. The van der Waals surface area contributed by atoms with E-state index in [4.69, 9.17) is 5.73 Å². The van der Waals surface area contributed by atoms with E-state index in [1.54, 1.807) is 6.07 Å². The first-order chi connectivity index (χ1) is 8.22. The first kappa shape index (κ1) is 12.5. The number of nitrogens with zero attached hydrogens (tertiary/aromatic N) is 1. The van der Waals surface area contributed by atoms with Gasteiger partial charge in [-0.05, 0) is 38.9 Å². The van der Waals surface area contributed by atoms with Crippen LogP contribution >= 0.6 is 0 Å². The molecule has 1 heterocycles. The predicted molar refractivity (Wildman–Crippen MR) is 68.4 cm³/mol. The van der Waals surface area contributed by atoms with Crippen molar-refractivity contribution in [1.29, 1.82) is 0 Å². The molecule has 94 valence electrons. The number of hydrogen-bond acceptors (Lipinski definition) is 2. The van der Waals surface area contributed by atoms with Gasteiger partial charge in [0.25, 0.3) is 0 Å². The Hall–Kier alpha value is -0.930. The fourth-order valence-corrected chi connectivity index (χ4v) is 2.62. The summed E-state index contributed by atoms with van der Waals surface area (Å²) in [6, 6.07) is 5.33. The number of likely N-dealkylation sites (tertiary alicyclic amines) is 1. The third kappa shape index (κ3) is 2.85. The van der Waals surface area contributed by atoms with E-state index < -0.39 is 0 Å². The number of halogens is 1. The van der Waals surface area contributed by atoms with Crippen LogP contribution in [-0.4, -0.2) is 24.5 Å². The van der Waals surface area contributed by atoms with Crippen molar-refractivity contribution in [1.82, 2.24) is 4.90 Å².